The zero-order valence-electron chi connectivity index (χ0n) is 15.7. The number of ether oxygens (including phenoxy) is 2. The van der Waals surface area contributed by atoms with Gasteiger partial charge in [0.2, 0.25) is 0 Å². The minimum absolute atomic E-state index is 0.136. The van der Waals surface area contributed by atoms with Crippen molar-refractivity contribution < 1.29 is 14.3 Å². The maximum atomic E-state index is 12.9. The van der Waals surface area contributed by atoms with Crippen molar-refractivity contribution in [3.63, 3.8) is 0 Å². The van der Waals surface area contributed by atoms with Crippen molar-refractivity contribution in [2.75, 3.05) is 39.5 Å². The van der Waals surface area contributed by atoms with Crippen molar-refractivity contribution in [1.29, 1.82) is 0 Å². The molecule has 0 aromatic carbocycles. The summed E-state index contributed by atoms with van der Waals surface area (Å²) in [6.07, 6.45) is 3.17. The third kappa shape index (κ3) is 4.04. The smallest absolute Gasteiger partial charge is 0.253 e. The standard InChI is InChI=1S/C20H30N2O3/c1-4-24-13-18-14-25-10-7-20(18)5-8-22(9-6-20)19(23)17-11-15(2)21-16(3)12-17/h11-12,18H,4-10,13-14H2,1-3H3/t18-/m1/s1. The Balaban J connectivity index is 1.66. The quantitative estimate of drug-likeness (QED) is 0.841. The van der Waals surface area contributed by atoms with Gasteiger partial charge >= 0.3 is 0 Å². The van der Waals surface area contributed by atoms with Gasteiger partial charge in [-0.3, -0.25) is 9.78 Å². The van der Waals surface area contributed by atoms with E-state index < -0.39 is 0 Å². The number of pyridine rings is 1. The lowest BCUT2D eigenvalue weighted by Crippen LogP contribution is -2.50. The second-order valence-corrected chi connectivity index (χ2v) is 7.47. The van der Waals surface area contributed by atoms with Crippen LogP contribution in [0.25, 0.3) is 0 Å². The first-order valence-corrected chi connectivity index (χ1v) is 9.44. The molecule has 2 fully saturated rings. The molecule has 3 heterocycles. The van der Waals surface area contributed by atoms with E-state index in [2.05, 4.69) is 4.98 Å². The molecule has 0 unspecified atom stereocenters. The lowest BCUT2D eigenvalue weighted by molar-refractivity contribution is -0.0956. The molecule has 3 rings (SSSR count). The number of carbonyl (C=O) groups excluding carboxylic acids is 1. The van der Waals surface area contributed by atoms with Crippen LogP contribution in [0.1, 0.15) is 47.9 Å². The number of rotatable bonds is 4. The van der Waals surface area contributed by atoms with Crippen LogP contribution in [0.5, 0.6) is 0 Å². The Kier molecular flexibility index (Phi) is 5.74. The third-order valence-electron chi connectivity index (χ3n) is 5.83. The monoisotopic (exact) mass is 346 g/mol. The van der Waals surface area contributed by atoms with Gasteiger partial charge in [-0.1, -0.05) is 0 Å². The predicted molar refractivity (Wildman–Crippen MR) is 96.7 cm³/mol. The third-order valence-corrected chi connectivity index (χ3v) is 5.83. The zero-order chi connectivity index (χ0) is 17.9. The van der Waals surface area contributed by atoms with Crippen LogP contribution in [0.4, 0.5) is 0 Å². The highest BCUT2D eigenvalue weighted by molar-refractivity contribution is 5.94. The number of hydrogen-bond donors (Lipinski definition) is 0. The first kappa shape index (κ1) is 18.3. The van der Waals surface area contributed by atoms with Gasteiger partial charge in [0, 0.05) is 49.2 Å². The van der Waals surface area contributed by atoms with Gasteiger partial charge in [0.25, 0.3) is 5.91 Å². The molecule has 138 valence electrons. The summed E-state index contributed by atoms with van der Waals surface area (Å²) in [6.45, 7) is 10.7. The van der Waals surface area contributed by atoms with Crippen LogP contribution in [-0.2, 0) is 9.47 Å². The van der Waals surface area contributed by atoms with Crippen LogP contribution >= 0.6 is 0 Å². The van der Waals surface area contributed by atoms with Crippen LogP contribution < -0.4 is 0 Å². The van der Waals surface area contributed by atoms with Gasteiger partial charge in [0.15, 0.2) is 0 Å². The maximum Gasteiger partial charge on any atom is 0.253 e. The molecule has 1 aromatic rings. The van der Waals surface area contributed by atoms with Crippen LogP contribution in [0, 0.1) is 25.2 Å². The molecule has 2 saturated heterocycles. The average Bonchev–Trinajstić information content (AvgIpc) is 2.60. The van der Waals surface area contributed by atoms with Gasteiger partial charge in [-0.25, -0.2) is 0 Å². The molecular weight excluding hydrogens is 316 g/mol. The van der Waals surface area contributed by atoms with E-state index in [1.807, 2.05) is 37.8 Å². The van der Waals surface area contributed by atoms with Crippen LogP contribution in [0.15, 0.2) is 12.1 Å². The van der Waals surface area contributed by atoms with E-state index in [9.17, 15) is 4.79 Å². The molecule has 0 aliphatic carbocycles. The van der Waals surface area contributed by atoms with E-state index in [-0.39, 0.29) is 11.3 Å². The van der Waals surface area contributed by atoms with E-state index in [0.717, 1.165) is 75.7 Å². The van der Waals surface area contributed by atoms with Crippen molar-refractivity contribution in [2.24, 2.45) is 11.3 Å². The topological polar surface area (TPSA) is 51.7 Å². The lowest BCUT2D eigenvalue weighted by atomic mass is 9.66. The molecule has 1 atom stereocenters. The number of aryl methyl sites for hydroxylation is 2. The zero-order valence-corrected chi connectivity index (χ0v) is 15.7. The summed E-state index contributed by atoms with van der Waals surface area (Å²) >= 11 is 0. The fraction of sp³-hybridized carbons (Fsp3) is 0.700. The molecule has 5 heteroatoms. The van der Waals surface area contributed by atoms with Crippen molar-refractivity contribution in [3.8, 4) is 0 Å². The van der Waals surface area contributed by atoms with Crippen molar-refractivity contribution in [3.05, 3.63) is 29.1 Å². The van der Waals surface area contributed by atoms with E-state index in [1.165, 1.54) is 0 Å². The number of carbonyl (C=O) groups is 1. The summed E-state index contributed by atoms with van der Waals surface area (Å²) in [4.78, 5) is 19.3. The number of aromatic nitrogens is 1. The number of nitrogens with zero attached hydrogens (tertiary/aromatic N) is 2. The van der Waals surface area contributed by atoms with Gasteiger partial charge in [-0.05, 0) is 57.6 Å². The Labute approximate surface area is 150 Å². The molecule has 0 radical (unpaired) electrons. The van der Waals surface area contributed by atoms with Crippen LogP contribution in [-0.4, -0.2) is 55.3 Å². The van der Waals surface area contributed by atoms with Crippen LogP contribution in [0.2, 0.25) is 0 Å². The minimum Gasteiger partial charge on any atom is -0.381 e. The highest BCUT2D eigenvalue weighted by Gasteiger charge is 2.44. The van der Waals surface area contributed by atoms with Crippen molar-refractivity contribution >= 4 is 5.91 Å². The fourth-order valence-electron chi connectivity index (χ4n) is 4.32. The molecule has 0 bridgehead atoms. The summed E-state index contributed by atoms with van der Waals surface area (Å²) in [5.41, 5.74) is 2.84. The largest absolute Gasteiger partial charge is 0.381 e. The Bertz CT molecular complexity index is 589. The second kappa shape index (κ2) is 7.83. The van der Waals surface area contributed by atoms with Crippen molar-refractivity contribution in [1.82, 2.24) is 9.88 Å². The molecule has 25 heavy (non-hydrogen) atoms. The SMILES string of the molecule is CCOC[C@@H]1COCCC12CCN(C(=O)c1cc(C)nc(C)c1)CC2. The Hall–Kier alpha value is -1.46. The van der Waals surface area contributed by atoms with Gasteiger partial charge in [0.1, 0.15) is 0 Å². The molecule has 2 aliphatic rings. The fourth-order valence-corrected chi connectivity index (χ4v) is 4.32. The number of likely N-dealkylation sites (tertiary alicyclic amines) is 1. The first-order chi connectivity index (χ1) is 12.0. The van der Waals surface area contributed by atoms with Crippen molar-refractivity contribution in [2.45, 2.75) is 40.0 Å². The van der Waals surface area contributed by atoms with Gasteiger partial charge < -0.3 is 14.4 Å². The molecule has 1 amide bonds. The summed E-state index contributed by atoms with van der Waals surface area (Å²) in [6, 6.07) is 3.79. The highest BCUT2D eigenvalue weighted by Crippen LogP contribution is 2.45. The summed E-state index contributed by atoms with van der Waals surface area (Å²) < 4.78 is 11.4. The molecule has 0 saturated carbocycles. The van der Waals surface area contributed by atoms with Gasteiger partial charge in [-0.15, -0.1) is 0 Å². The normalized spacial score (nSPS) is 23.0. The maximum absolute atomic E-state index is 12.9. The second-order valence-electron chi connectivity index (χ2n) is 7.47. The van der Waals surface area contributed by atoms with E-state index in [1.54, 1.807) is 0 Å². The molecular formula is C20H30N2O3. The van der Waals surface area contributed by atoms with Gasteiger partial charge in [-0.2, -0.15) is 0 Å². The van der Waals surface area contributed by atoms with E-state index >= 15 is 0 Å². The first-order valence-electron chi connectivity index (χ1n) is 9.44. The molecule has 0 N–H and O–H groups in total. The number of amides is 1. The highest BCUT2D eigenvalue weighted by atomic mass is 16.5. The van der Waals surface area contributed by atoms with Crippen LogP contribution in [0.3, 0.4) is 0 Å². The number of hydrogen-bond acceptors (Lipinski definition) is 4. The Morgan fingerprint density at radius 1 is 1.28 bits per heavy atom. The average molecular weight is 346 g/mol. The minimum atomic E-state index is 0.136. The summed E-state index contributed by atoms with van der Waals surface area (Å²) in [5, 5.41) is 0. The molecule has 1 aromatic heterocycles. The molecule has 1 spiro atoms. The molecule has 2 aliphatic heterocycles. The van der Waals surface area contributed by atoms with E-state index in [0.29, 0.717) is 5.92 Å². The van der Waals surface area contributed by atoms with E-state index in [4.69, 9.17) is 9.47 Å². The number of piperidine rings is 1. The Morgan fingerprint density at radius 2 is 1.96 bits per heavy atom. The Morgan fingerprint density at radius 3 is 2.60 bits per heavy atom. The summed E-state index contributed by atoms with van der Waals surface area (Å²) in [5.74, 6) is 0.584. The predicted octanol–water partition coefficient (Wildman–Crippen LogP) is 2.99. The van der Waals surface area contributed by atoms with Gasteiger partial charge in [0.05, 0.1) is 13.2 Å². The lowest BCUT2D eigenvalue weighted by Gasteiger charge is -2.49. The molecule has 5 nitrogen and oxygen atoms in total. The summed E-state index contributed by atoms with van der Waals surface area (Å²) in [7, 11) is 0.